The smallest absolute Gasteiger partial charge is 0.790 e. The first-order valence-electron chi connectivity index (χ1n) is 6.86. The largest absolute Gasteiger partial charge is 1.00 e. The molecule has 0 atom stereocenters. The van der Waals surface area contributed by atoms with E-state index in [-0.39, 0.29) is 59.1 Å². The van der Waals surface area contributed by atoms with Gasteiger partial charge in [0, 0.05) is 0 Å². The first kappa shape index (κ1) is 28.0. The molecule has 0 aromatic heterocycles. The van der Waals surface area contributed by atoms with Gasteiger partial charge in [-0.3, -0.25) is 0 Å². The first-order valence-corrected chi connectivity index (χ1v) is 8.35. The van der Waals surface area contributed by atoms with E-state index in [0.29, 0.717) is 5.75 Å². The number of aromatic hydroxyl groups is 1. The summed E-state index contributed by atoms with van der Waals surface area (Å²) in [5.41, 5.74) is 1.09. The molecule has 0 saturated heterocycles. The van der Waals surface area contributed by atoms with Gasteiger partial charge in [-0.05, 0) is 24.5 Å². The van der Waals surface area contributed by atoms with Gasteiger partial charge in [-0.2, -0.15) is 0 Å². The second kappa shape index (κ2) is 17.0. The number of aryl methyl sites for hydroxylation is 1. The van der Waals surface area contributed by atoms with Crippen molar-refractivity contribution in [1.29, 1.82) is 0 Å². The van der Waals surface area contributed by atoms with E-state index in [0.717, 1.165) is 12.0 Å². The van der Waals surface area contributed by atoms with Crippen LogP contribution in [0.1, 0.15) is 51.0 Å². The molecule has 116 valence electrons. The van der Waals surface area contributed by atoms with E-state index in [1.54, 1.807) is 6.07 Å². The number of hydrogen-bond donors (Lipinski definition) is 2. The predicted octanol–water partition coefficient (Wildman–Crippen LogP) is -3.89. The number of phenols is 1. The zero-order valence-electron chi connectivity index (χ0n) is 13.8. The van der Waals surface area contributed by atoms with Crippen molar-refractivity contribution in [2.24, 2.45) is 0 Å². The number of benzene rings is 1. The Morgan fingerprint density at radius 1 is 1.00 bits per heavy atom. The topological polar surface area (TPSA) is 104 Å². The zero-order valence-corrected chi connectivity index (χ0v) is 18.7. The number of phenolic OH excluding ortho intramolecular Hbond substituents is 1. The van der Waals surface area contributed by atoms with Crippen molar-refractivity contribution in [2.45, 2.75) is 51.9 Å². The third-order valence-electron chi connectivity index (χ3n) is 2.79. The molecule has 0 fully saturated rings. The Labute approximate surface area is 177 Å². The second-order valence-corrected chi connectivity index (χ2v) is 5.55. The van der Waals surface area contributed by atoms with Gasteiger partial charge in [-0.15, -0.1) is 0 Å². The molecule has 0 aliphatic carbocycles. The molecule has 1 rings (SSSR count). The Balaban J connectivity index is -0.000000452. The van der Waals surface area contributed by atoms with Gasteiger partial charge in [0.25, 0.3) is 0 Å². The van der Waals surface area contributed by atoms with Crippen LogP contribution in [0.15, 0.2) is 24.3 Å². The molecule has 2 N–H and O–H groups in total. The Hall–Kier alpha value is 1.13. The molecule has 1 aromatic carbocycles. The van der Waals surface area contributed by atoms with Gasteiger partial charge >= 0.3 is 59.1 Å². The minimum atomic E-state index is -5.14. The molecule has 0 saturated carbocycles. The monoisotopic (exact) mass is 348 g/mol. The number of unbranched alkanes of at least 4 members (excludes halogenated alkanes) is 5. The molecule has 5 nitrogen and oxygen atoms in total. The first-order chi connectivity index (χ1) is 9.34. The second-order valence-electron chi connectivity index (χ2n) is 4.62. The molecule has 22 heavy (non-hydrogen) atoms. The fourth-order valence-corrected chi connectivity index (χ4v) is 1.82. The molecule has 0 radical (unpaired) electrons. The van der Waals surface area contributed by atoms with Crippen LogP contribution in [0.2, 0.25) is 0 Å². The Bertz CT molecular complexity index is 404. The predicted molar refractivity (Wildman–Crippen MR) is 75.0 cm³/mol. The van der Waals surface area contributed by atoms with Crippen LogP contribution in [-0.2, 0) is 11.0 Å². The van der Waals surface area contributed by atoms with Crippen molar-refractivity contribution < 1.29 is 83.5 Å². The van der Waals surface area contributed by atoms with Gasteiger partial charge in [0.2, 0.25) is 0 Å². The van der Waals surface area contributed by atoms with Crippen LogP contribution in [0.5, 0.6) is 5.75 Å². The van der Waals surface area contributed by atoms with Crippen LogP contribution in [0.25, 0.3) is 0 Å². The van der Waals surface area contributed by atoms with Crippen molar-refractivity contribution in [1.82, 2.24) is 0 Å². The minimum Gasteiger partial charge on any atom is -0.790 e. The number of para-hydroxylation sites is 1. The number of phosphoric acid groups is 1. The van der Waals surface area contributed by atoms with Crippen LogP contribution in [0, 0.1) is 0 Å². The number of rotatable bonds is 7. The maximum Gasteiger partial charge on any atom is 1.00 e. The molecule has 0 aliphatic rings. The summed E-state index contributed by atoms with van der Waals surface area (Å²) >= 11 is 0. The van der Waals surface area contributed by atoms with E-state index < -0.39 is 7.82 Å². The minimum absolute atomic E-state index is 0. The van der Waals surface area contributed by atoms with E-state index in [9.17, 15) is 5.11 Å². The number of hydrogen-bond acceptors (Lipinski definition) is 4. The van der Waals surface area contributed by atoms with Crippen LogP contribution in [0.3, 0.4) is 0 Å². The normalized spacial score (nSPS) is 9.82. The van der Waals surface area contributed by atoms with Crippen molar-refractivity contribution in [2.75, 3.05) is 0 Å². The van der Waals surface area contributed by atoms with Gasteiger partial charge < -0.3 is 24.4 Å². The summed E-state index contributed by atoms with van der Waals surface area (Å²) in [5.74, 6) is 0.450. The third-order valence-corrected chi connectivity index (χ3v) is 2.79. The summed E-state index contributed by atoms with van der Waals surface area (Å²) in [6.45, 7) is 2.24. The van der Waals surface area contributed by atoms with E-state index in [2.05, 4.69) is 6.92 Å². The summed E-state index contributed by atoms with van der Waals surface area (Å²) in [6.07, 6.45) is 8.85. The summed E-state index contributed by atoms with van der Waals surface area (Å²) in [6, 6.07) is 7.65. The zero-order chi connectivity index (χ0) is 15.4. The average Bonchev–Trinajstić information content (AvgIpc) is 2.33. The van der Waals surface area contributed by atoms with Gasteiger partial charge in [0.1, 0.15) is 5.75 Å². The molecular formula is C14H23Na2O5P. The Morgan fingerprint density at radius 2 is 1.45 bits per heavy atom. The molecule has 0 aliphatic heterocycles. The fraction of sp³-hybridized carbons (Fsp3) is 0.571. The molecule has 0 spiro atoms. The summed E-state index contributed by atoms with van der Waals surface area (Å²) in [7, 11) is -5.14. The molecule has 0 bridgehead atoms. The maximum atomic E-state index is 9.55. The standard InChI is InChI=1S/C14H22O.2Na.H3O4P/c1-2-3-4-5-6-7-10-13-11-8-9-12-14(13)15;;;1-5(2,3)4/h8-9,11-12,15H,2-7,10H2,1H3;;;(H3,1,2,3,4)/q;2*+1;/p-2. The SMILES string of the molecule is CCCCCCCCc1ccccc1O.O=P([O-])([O-])O.[Na+].[Na+]. The maximum absolute atomic E-state index is 9.55. The summed E-state index contributed by atoms with van der Waals surface area (Å²) in [4.78, 5) is 24.3. The Kier molecular flexibility index (Phi) is 21.6. The van der Waals surface area contributed by atoms with Crippen molar-refractivity contribution in [3.8, 4) is 5.75 Å². The molecule has 0 unspecified atom stereocenters. The van der Waals surface area contributed by atoms with E-state index >= 15 is 0 Å². The molecule has 8 heteroatoms. The van der Waals surface area contributed by atoms with Gasteiger partial charge in [0.15, 0.2) is 0 Å². The summed E-state index contributed by atoms with van der Waals surface area (Å²) < 4.78 is 8.66. The van der Waals surface area contributed by atoms with Crippen LogP contribution in [-0.4, -0.2) is 10.00 Å². The van der Waals surface area contributed by atoms with Crippen molar-refractivity contribution >= 4 is 7.82 Å². The van der Waals surface area contributed by atoms with Gasteiger partial charge in [-0.25, -0.2) is 0 Å². The van der Waals surface area contributed by atoms with Crippen molar-refractivity contribution in [3.63, 3.8) is 0 Å². The van der Waals surface area contributed by atoms with E-state index in [1.165, 1.54) is 38.5 Å². The van der Waals surface area contributed by atoms with Crippen molar-refractivity contribution in [3.05, 3.63) is 29.8 Å². The quantitative estimate of drug-likeness (QED) is 0.298. The molecule has 1 aromatic rings. The van der Waals surface area contributed by atoms with E-state index in [1.807, 2.05) is 18.2 Å². The van der Waals surface area contributed by atoms with E-state index in [4.69, 9.17) is 19.2 Å². The Morgan fingerprint density at radius 3 is 1.95 bits per heavy atom. The van der Waals surface area contributed by atoms with Crippen LogP contribution < -0.4 is 68.9 Å². The van der Waals surface area contributed by atoms with Gasteiger partial charge in [0.05, 0.1) is 7.82 Å². The fourth-order valence-electron chi connectivity index (χ4n) is 1.82. The van der Waals surface area contributed by atoms with Crippen LogP contribution >= 0.6 is 7.82 Å². The van der Waals surface area contributed by atoms with Gasteiger partial charge in [-0.1, -0.05) is 57.2 Å². The molecule has 0 heterocycles. The summed E-state index contributed by atoms with van der Waals surface area (Å²) in [5, 5.41) is 9.55. The molecular weight excluding hydrogens is 325 g/mol. The molecule has 0 amide bonds. The van der Waals surface area contributed by atoms with Crippen LogP contribution in [0.4, 0.5) is 0 Å². The average molecular weight is 348 g/mol. The third kappa shape index (κ3) is 21.1.